The Hall–Kier alpha value is -0.850. The van der Waals surface area contributed by atoms with E-state index in [1.54, 1.807) is 0 Å². The summed E-state index contributed by atoms with van der Waals surface area (Å²) in [7, 11) is 0. The van der Waals surface area contributed by atoms with Crippen molar-refractivity contribution in [3.05, 3.63) is 23.8 Å². The highest BCUT2D eigenvalue weighted by Crippen LogP contribution is 2.21. The van der Waals surface area contributed by atoms with Crippen molar-refractivity contribution < 1.29 is 4.79 Å². The van der Waals surface area contributed by atoms with Crippen molar-refractivity contribution in [2.75, 3.05) is 0 Å². The quantitative estimate of drug-likeness (QED) is 0.505. The molecule has 0 radical (unpaired) electrons. The van der Waals surface area contributed by atoms with Crippen molar-refractivity contribution in [2.45, 2.75) is 26.2 Å². The molecule has 0 saturated heterocycles. The van der Waals surface area contributed by atoms with Crippen molar-refractivity contribution in [2.24, 2.45) is 0 Å². The van der Waals surface area contributed by atoms with E-state index >= 15 is 0 Å². The van der Waals surface area contributed by atoms with Crippen molar-refractivity contribution in [1.29, 1.82) is 0 Å². The SMILES string of the molecule is C=C1C(=O)CCC=C1CC. The molecular formula is C9H12O. The van der Waals surface area contributed by atoms with Crippen LogP contribution < -0.4 is 0 Å². The Morgan fingerprint density at radius 3 is 2.90 bits per heavy atom. The number of carbonyl (C=O) groups excluding carboxylic acids is 1. The maximum atomic E-state index is 11.0. The van der Waals surface area contributed by atoms with Crippen LogP contribution in [-0.2, 0) is 4.79 Å². The first kappa shape index (κ1) is 7.26. The van der Waals surface area contributed by atoms with Crippen molar-refractivity contribution in [3.8, 4) is 0 Å². The Morgan fingerprint density at radius 1 is 1.70 bits per heavy atom. The molecule has 0 aliphatic heterocycles. The van der Waals surface area contributed by atoms with Crippen LogP contribution in [0.2, 0.25) is 0 Å². The summed E-state index contributed by atoms with van der Waals surface area (Å²) in [4.78, 5) is 11.0. The van der Waals surface area contributed by atoms with E-state index in [2.05, 4.69) is 19.6 Å². The molecule has 1 nitrogen and oxygen atoms in total. The van der Waals surface area contributed by atoms with Crippen LogP contribution in [0.3, 0.4) is 0 Å². The number of ketones is 1. The van der Waals surface area contributed by atoms with Gasteiger partial charge in [0.25, 0.3) is 0 Å². The minimum absolute atomic E-state index is 0.222. The second-order valence-corrected chi connectivity index (χ2v) is 2.52. The zero-order valence-electron chi connectivity index (χ0n) is 6.31. The van der Waals surface area contributed by atoms with Gasteiger partial charge >= 0.3 is 0 Å². The van der Waals surface area contributed by atoms with Crippen LogP contribution in [0.25, 0.3) is 0 Å². The molecule has 0 spiro atoms. The second-order valence-electron chi connectivity index (χ2n) is 2.52. The van der Waals surface area contributed by atoms with E-state index in [4.69, 9.17) is 0 Å². The summed E-state index contributed by atoms with van der Waals surface area (Å²) in [6.45, 7) is 5.78. The third-order valence-corrected chi connectivity index (χ3v) is 1.87. The average molecular weight is 136 g/mol. The molecule has 1 aliphatic rings. The molecule has 0 saturated carbocycles. The molecule has 0 heterocycles. The van der Waals surface area contributed by atoms with Crippen molar-refractivity contribution in [1.82, 2.24) is 0 Å². The van der Waals surface area contributed by atoms with Gasteiger partial charge in [-0.15, -0.1) is 0 Å². The molecule has 0 bridgehead atoms. The van der Waals surface area contributed by atoms with Crippen LogP contribution in [0, 0.1) is 0 Å². The molecule has 0 unspecified atom stereocenters. The highest BCUT2D eigenvalue weighted by Gasteiger charge is 2.13. The Kier molecular flexibility index (Phi) is 2.05. The van der Waals surface area contributed by atoms with Crippen LogP contribution in [0.1, 0.15) is 26.2 Å². The predicted octanol–water partition coefficient (Wildman–Crippen LogP) is 2.24. The number of allylic oxidation sites excluding steroid dienone is 3. The van der Waals surface area contributed by atoms with Gasteiger partial charge in [0.15, 0.2) is 5.78 Å². The predicted molar refractivity (Wildman–Crippen MR) is 41.8 cm³/mol. The summed E-state index contributed by atoms with van der Waals surface area (Å²) in [6, 6.07) is 0. The van der Waals surface area contributed by atoms with Gasteiger partial charge in [-0.3, -0.25) is 4.79 Å². The molecule has 54 valence electrons. The van der Waals surface area contributed by atoms with E-state index in [1.807, 2.05) is 0 Å². The lowest BCUT2D eigenvalue weighted by molar-refractivity contribution is -0.115. The number of Topliss-reactive ketones (excluding diaryl/α,β-unsaturated/α-hetero) is 1. The molecular weight excluding hydrogens is 124 g/mol. The summed E-state index contributed by atoms with van der Waals surface area (Å²) < 4.78 is 0. The zero-order valence-corrected chi connectivity index (χ0v) is 6.31. The Balaban J connectivity index is 2.81. The van der Waals surface area contributed by atoms with Crippen LogP contribution in [0.5, 0.6) is 0 Å². The highest BCUT2D eigenvalue weighted by atomic mass is 16.1. The Morgan fingerprint density at radius 2 is 2.40 bits per heavy atom. The summed E-state index contributed by atoms with van der Waals surface area (Å²) in [5.41, 5.74) is 1.87. The zero-order chi connectivity index (χ0) is 7.56. The van der Waals surface area contributed by atoms with Gasteiger partial charge < -0.3 is 0 Å². The van der Waals surface area contributed by atoms with Gasteiger partial charge in [0, 0.05) is 12.0 Å². The molecule has 1 rings (SSSR count). The van der Waals surface area contributed by atoms with Crippen molar-refractivity contribution in [3.63, 3.8) is 0 Å². The van der Waals surface area contributed by atoms with E-state index in [9.17, 15) is 4.79 Å². The smallest absolute Gasteiger partial charge is 0.162 e. The molecule has 0 fully saturated rings. The van der Waals surface area contributed by atoms with Crippen LogP contribution in [-0.4, -0.2) is 5.78 Å². The lowest BCUT2D eigenvalue weighted by Crippen LogP contribution is -2.07. The highest BCUT2D eigenvalue weighted by molar-refractivity contribution is 5.99. The summed E-state index contributed by atoms with van der Waals surface area (Å²) in [6.07, 6.45) is 4.61. The molecule has 0 aromatic carbocycles. The van der Waals surface area contributed by atoms with E-state index in [0.717, 1.165) is 24.0 Å². The lowest BCUT2D eigenvalue weighted by Gasteiger charge is -2.11. The monoisotopic (exact) mass is 136 g/mol. The van der Waals surface area contributed by atoms with Gasteiger partial charge in [0.1, 0.15) is 0 Å². The molecule has 10 heavy (non-hydrogen) atoms. The van der Waals surface area contributed by atoms with E-state index in [0.29, 0.717) is 6.42 Å². The van der Waals surface area contributed by atoms with E-state index in [-0.39, 0.29) is 5.78 Å². The maximum Gasteiger partial charge on any atom is 0.162 e. The van der Waals surface area contributed by atoms with E-state index in [1.165, 1.54) is 0 Å². The number of rotatable bonds is 1. The first-order chi connectivity index (χ1) is 4.75. The molecule has 0 atom stereocenters. The fourth-order valence-corrected chi connectivity index (χ4v) is 1.19. The minimum atomic E-state index is 0.222. The summed E-state index contributed by atoms with van der Waals surface area (Å²) in [5, 5.41) is 0. The Bertz CT molecular complexity index is 199. The van der Waals surface area contributed by atoms with Crippen LogP contribution in [0.15, 0.2) is 23.8 Å². The van der Waals surface area contributed by atoms with Gasteiger partial charge in [-0.05, 0) is 18.4 Å². The van der Waals surface area contributed by atoms with Gasteiger partial charge in [-0.1, -0.05) is 19.6 Å². The summed E-state index contributed by atoms with van der Waals surface area (Å²) >= 11 is 0. The maximum absolute atomic E-state index is 11.0. The van der Waals surface area contributed by atoms with Gasteiger partial charge in [0.05, 0.1) is 0 Å². The molecule has 0 N–H and O–H groups in total. The number of carbonyl (C=O) groups is 1. The molecule has 1 aliphatic carbocycles. The topological polar surface area (TPSA) is 17.1 Å². The molecule has 0 aromatic heterocycles. The minimum Gasteiger partial charge on any atom is -0.294 e. The third kappa shape index (κ3) is 1.18. The Labute approximate surface area is 61.4 Å². The fourth-order valence-electron chi connectivity index (χ4n) is 1.19. The lowest BCUT2D eigenvalue weighted by atomic mass is 9.92. The van der Waals surface area contributed by atoms with Gasteiger partial charge in [0.2, 0.25) is 0 Å². The molecule has 0 aromatic rings. The van der Waals surface area contributed by atoms with E-state index < -0.39 is 0 Å². The largest absolute Gasteiger partial charge is 0.294 e. The average Bonchev–Trinajstić information content (AvgIpc) is 1.95. The normalized spacial score (nSPS) is 19.1. The number of hydrogen-bond acceptors (Lipinski definition) is 1. The molecule has 1 heteroatoms. The third-order valence-electron chi connectivity index (χ3n) is 1.87. The first-order valence-electron chi connectivity index (χ1n) is 3.67. The first-order valence-corrected chi connectivity index (χ1v) is 3.67. The number of hydrogen-bond donors (Lipinski definition) is 0. The van der Waals surface area contributed by atoms with Crippen LogP contribution in [0.4, 0.5) is 0 Å². The van der Waals surface area contributed by atoms with Gasteiger partial charge in [-0.2, -0.15) is 0 Å². The standard InChI is InChI=1S/C9H12O/c1-3-8-5-4-6-9(10)7(8)2/h5H,2-4,6H2,1H3. The fraction of sp³-hybridized carbons (Fsp3) is 0.444. The second kappa shape index (κ2) is 2.82. The van der Waals surface area contributed by atoms with Crippen molar-refractivity contribution >= 4 is 5.78 Å². The summed E-state index contributed by atoms with van der Waals surface area (Å²) in [5.74, 6) is 0.222. The molecule has 0 amide bonds. The van der Waals surface area contributed by atoms with Crippen LogP contribution >= 0.6 is 0 Å². The van der Waals surface area contributed by atoms with Gasteiger partial charge in [-0.25, -0.2) is 0 Å².